The van der Waals surface area contributed by atoms with E-state index in [0.29, 0.717) is 5.76 Å². The Labute approximate surface area is 62.5 Å². The molecule has 10 heavy (non-hydrogen) atoms. The van der Waals surface area contributed by atoms with Gasteiger partial charge in [0.25, 0.3) is 0 Å². The monoisotopic (exact) mass is 144 g/mol. The third-order valence-corrected chi connectivity index (χ3v) is 1.37. The van der Waals surface area contributed by atoms with E-state index in [4.69, 9.17) is 4.74 Å². The Bertz CT molecular complexity index is 122. The van der Waals surface area contributed by atoms with Crippen LogP contribution in [0.15, 0.2) is 12.3 Å². The molecule has 2 heteroatoms. The predicted molar refractivity (Wildman–Crippen MR) is 41.7 cm³/mol. The molecule has 0 heterocycles. The number of hydrogen-bond donors (Lipinski definition) is 1. The van der Waals surface area contributed by atoms with Gasteiger partial charge in [0.1, 0.15) is 6.10 Å². The summed E-state index contributed by atoms with van der Waals surface area (Å²) < 4.78 is 5.17. The van der Waals surface area contributed by atoms with E-state index in [9.17, 15) is 5.11 Å². The van der Waals surface area contributed by atoms with E-state index in [0.717, 1.165) is 0 Å². The second kappa shape index (κ2) is 3.06. The molecular formula is C8H16O2. The average molecular weight is 144 g/mol. The fourth-order valence-electron chi connectivity index (χ4n) is 0.446. The van der Waals surface area contributed by atoms with Gasteiger partial charge < -0.3 is 9.84 Å². The van der Waals surface area contributed by atoms with Crippen LogP contribution in [0.2, 0.25) is 0 Å². The Balaban J connectivity index is 3.85. The summed E-state index contributed by atoms with van der Waals surface area (Å²) in [6, 6.07) is 0. The molecule has 2 nitrogen and oxygen atoms in total. The van der Waals surface area contributed by atoms with Crippen molar-refractivity contribution in [2.45, 2.75) is 39.4 Å². The van der Waals surface area contributed by atoms with Crippen molar-refractivity contribution < 1.29 is 9.84 Å². The van der Waals surface area contributed by atoms with Gasteiger partial charge in [0.05, 0.1) is 11.4 Å². The number of aliphatic hydroxyl groups is 1. The summed E-state index contributed by atoms with van der Waals surface area (Å²) in [7, 11) is 0. The Hall–Kier alpha value is -0.500. The Kier molecular flexibility index (Phi) is 2.91. The highest BCUT2D eigenvalue weighted by Crippen LogP contribution is 2.13. The highest BCUT2D eigenvalue weighted by Gasteiger charge is 2.23. The van der Waals surface area contributed by atoms with Gasteiger partial charge in [0, 0.05) is 0 Å². The van der Waals surface area contributed by atoms with E-state index in [1.165, 1.54) is 0 Å². The van der Waals surface area contributed by atoms with Gasteiger partial charge in [-0.1, -0.05) is 6.58 Å². The minimum Gasteiger partial charge on any atom is -0.493 e. The maximum absolute atomic E-state index is 9.37. The van der Waals surface area contributed by atoms with E-state index in [1.54, 1.807) is 20.8 Å². The topological polar surface area (TPSA) is 29.5 Å². The standard InChI is InChI=1S/C8H16O2/c1-6(2)10-7(3)8(4,5)9/h7,9H,1H2,2-5H3. The molecule has 0 bridgehead atoms. The first-order valence-corrected chi connectivity index (χ1v) is 3.38. The SMILES string of the molecule is C=C(C)OC(C)C(C)(C)O. The molecule has 0 amide bonds. The Morgan fingerprint density at radius 1 is 1.60 bits per heavy atom. The lowest BCUT2D eigenvalue weighted by Gasteiger charge is -2.26. The predicted octanol–water partition coefficient (Wildman–Crippen LogP) is 1.70. The minimum absolute atomic E-state index is 0.204. The van der Waals surface area contributed by atoms with Crippen LogP contribution in [0.25, 0.3) is 0 Å². The van der Waals surface area contributed by atoms with Crippen LogP contribution in [-0.2, 0) is 4.74 Å². The zero-order valence-corrected chi connectivity index (χ0v) is 7.14. The van der Waals surface area contributed by atoms with Crippen LogP contribution in [0.1, 0.15) is 27.7 Å². The highest BCUT2D eigenvalue weighted by atomic mass is 16.5. The van der Waals surface area contributed by atoms with Crippen molar-refractivity contribution in [2.24, 2.45) is 0 Å². The van der Waals surface area contributed by atoms with Crippen molar-refractivity contribution in [3.8, 4) is 0 Å². The molecule has 0 aliphatic rings. The van der Waals surface area contributed by atoms with Crippen LogP contribution < -0.4 is 0 Å². The highest BCUT2D eigenvalue weighted by molar-refractivity contribution is 4.82. The molecule has 0 aliphatic heterocycles. The largest absolute Gasteiger partial charge is 0.493 e. The minimum atomic E-state index is -0.793. The van der Waals surface area contributed by atoms with Crippen molar-refractivity contribution >= 4 is 0 Å². The van der Waals surface area contributed by atoms with E-state index >= 15 is 0 Å². The van der Waals surface area contributed by atoms with Crippen molar-refractivity contribution in [3.05, 3.63) is 12.3 Å². The summed E-state index contributed by atoms with van der Waals surface area (Å²) in [6.07, 6.45) is -0.204. The third-order valence-electron chi connectivity index (χ3n) is 1.37. The van der Waals surface area contributed by atoms with Gasteiger partial charge in [-0.3, -0.25) is 0 Å². The van der Waals surface area contributed by atoms with E-state index in [2.05, 4.69) is 6.58 Å². The lowest BCUT2D eigenvalue weighted by atomic mass is 10.0. The molecule has 0 aromatic heterocycles. The van der Waals surface area contributed by atoms with Crippen LogP contribution in [-0.4, -0.2) is 16.8 Å². The Morgan fingerprint density at radius 2 is 2.00 bits per heavy atom. The van der Waals surface area contributed by atoms with Gasteiger partial charge in [0.15, 0.2) is 0 Å². The van der Waals surface area contributed by atoms with Crippen LogP contribution in [0.3, 0.4) is 0 Å². The first kappa shape index (κ1) is 9.50. The summed E-state index contributed by atoms with van der Waals surface area (Å²) in [5, 5.41) is 9.37. The quantitative estimate of drug-likeness (QED) is 0.611. The van der Waals surface area contributed by atoms with Crippen molar-refractivity contribution in [1.82, 2.24) is 0 Å². The molecule has 1 unspecified atom stereocenters. The molecule has 1 N–H and O–H groups in total. The van der Waals surface area contributed by atoms with Crippen molar-refractivity contribution in [3.63, 3.8) is 0 Å². The molecule has 0 fully saturated rings. The average Bonchev–Trinajstić information content (AvgIpc) is 1.60. The second-order valence-electron chi connectivity index (χ2n) is 3.12. The molecule has 0 aromatic carbocycles. The van der Waals surface area contributed by atoms with Gasteiger partial charge in [-0.05, 0) is 27.7 Å². The molecule has 1 atom stereocenters. The number of ether oxygens (including phenoxy) is 1. The lowest BCUT2D eigenvalue weighted by molar-refractivity contribution is -0.0529. The third kappa shape index (κ3) is 3.51. The number of allylic oxidation sites excluding steroid dienone is 1. The fraction of sp³-hybridized carbons (Fsp3) is 0.750. The zero-order valence-electron chi connectivity index (χ0n) is 7.14. The summed E-state index contributed by atoms with van der Waals surface area (Å²) in [4.78, 5) is 0. The second-order valence-corrected chi connectivity index (χ2v) is 3.12. The molecular weight excluding hydrogens is 128 g/mol. The molecule has 0 saturated carbocycles. The van der Waals surface area contributed by atoms with Crippen molar-refractivity contribution in [1.29, 1.82) is 0 Å². The van der Waals surface area contributed by atoms with Gasteiger partial charge in [0.2, 0.25) is 0 Å². The first-order valence-electron chi connectivity index (χ1n) is 3.38. The maximum atomic E-state index is 9.37. The van der Waals surface area contributed by atoms with Crippen LogP contribution in [0.4, 0.5) is 0 Å². The zero-order chi connectivity index (χ0) is 8.36. The van der Waals surface area contributed by atoms with Gasteiger partial charge in [-0.2, -0.15) is 0 Å². The van der Waals surface area contributed by atoms with Crippen LogP contribution in [0.5, 0.6) is 0 Å². The van der Waals surface area contributed by atoms with Gasteiger partial charge in [-0.15, -0.1) is 0 Å². The molecule has 0 aliphatic carbocycles. The van der Waals surface area contributed by atoms with E-state index < -0.39 is 5.60 Å². The number of rotatable bonds is 3. The van der Waals surface area contributed by atoms with Gasteiger partial charge >= 0.3 is 0 Å². The molecule has 0 aromatic rings. The molecule has 0 saturated heterocycles. The van der Waals surface area contributed by atoms with Gasteiger partial charge in [-0.25, -0.2) is 0 Å². The summed E-state index contributed by atoms with van der Waals surface area (Å²) >= 11 is 0. The first-order chi connectivity index (χ1) is 4.34. The maximum Gasteiger partial charge on any atom is 0.123 e. The molecule has 60 valence electrons. The molecule has 0 radical (unpaired) electrons. The summed E-state index contributed by atoms with van der Waals surface area (Å²) in [6.45, 7) is 10.6. The Morgan fingerprint density at radius 3 is 2.10 bits per heavy atom. The van der Waals surface area contributed by atoms with Crippen LogP contribution >= 0.6 is 0 Å². The number of hydrogen-bond acceptors (Lipinski definition) is 2. The normalized spacial score (nSPS) is 14.5. The smallest absolute Gasteiger partial charge is 0.123 e. The van der Waals surface area contributed by atoms with Crippen LogP contribution in [0, 0.1) is 0 Å². The lowest BCUT2D eigenvalue weighted by Crippen LogP contribution is -2.35. The summed E-state index contributed by atoms with van der Waals surface area (Å²) in [5.74, 6) is 0.634. The molecule has 0 rings (SSSR count). The van der Waals surface area contributed by atoms with Crippen molar-refractivity contribution in [2.75, 3.05) is 0 Å². The molecule has 0 spiro atoms. The van der Waals surface area contributed by atoms with E-state index in [1.807, 2.05) is 6.92 Å². The summed E-state index contributed by atoms with van der Waals surface area (Å²) in [5.41, 5.74) is -0.793. The fourth-order valence-corrected chi connectivity index (χ4v) is 0.446. The van der Waals surface area contributed by atoms with E-state index in [-0.39, 0.29) is 6.10 Å².